The summed E-state index contributed by atoms with van der Waals surface area (Å²) in [6.07, 6.45) is 0. The van der Waals surface area contributed by atoms with Gasteiger partial charge in [0.15, 0.2) is 11.0 Å². The van der Waals surface area contributed by atoms with Crippen molar-refractivity contribution in [2.24, 2.45) is 0 Å². The summed E-state index contributed by atoms with van der Waals surface area (Å²) in [5.74, 6) is 1.06. The van der Waals surface area contributed by atoms with E-state index in [1.807, 2.05) is 31.2 Å². The Morgan fingerprint density at radius 2 is 1.66 bits per heavy atom. The summed E-state index contributed by atoms with van der Waals surface area (Å²) in [5, 5.41) is 14.8. The molecule has 0 saturated carbocycles. The Labute approximate surface area is 196 Å². The van der Waals surface area contributed by atoms with Crippen molar-refractivity contribution in [2.45, 2.75) is 39.4 Å². The highest BCUT2D eigenvalue weighted by Crippen LogP contribution is 2.39. The molecule has 164 valence electrons. The van der Waals surface area contributed by atoms with E-state index in [1.54, 1.807) is 11.3 Å². The second-order valence-corrected chi connectivity index (χ2v) is 9.73. The van der Waals surface area contributed by atoms with Crippen molar-refractivity contribution in [3.63, 3.8) is 0 Å². The van der Waals surface area contributed by atoms with Crippen LogP contribution in [0, 0.1) is 20.8 Å². The number of nitrogens with zero attached hydrogens (tertiary/aromatic N) is 3. The summed E-state index contributed by atoms with van der Waals surface area (Å²) < 4.78 is 2.09. The average molecular weight is 463 g/mol. The molecule has 4 rings (SSSR count). The van der Waals surface area contributed by atoms with Gasteiger partial charge in [-0.1, -0.05) is 59.3 Å². The molecule has 0 aliphatic carbocycles. The van der Waals surface area contributed by atoms with Crippen LogP contribution in [0.2, 0.25) is 0 Å². The van der Waals surface area contributed by atoms with Crippen LogP contribution in [-0.4, -0.2) is 26.4 Å². The number of aromatic nitrogens is 3. The van der Waals surface area contributed by atoms with Crippen LogP contribution in [0.15, 0.2) is 59.1 Å². The van der Waals surface area contributed by atoms with Crippen molar-refractivity contribution in [3.05, 3.63) is 69.9 Å². The number of aryl methyl sites for hydroxylation is 3. The number of rotatable bonds is 7. The first-order chi connectivity index (χ1) is 15.5. The number of hydrogen-bond donors (Lipinski definition) is 1. The summed E-state index contributed by atoms with van der Waals surface area (Å²) in [6, 6.07) is 16.4. The van der Waals surface area contributed by atoms with Gasteiger partial charge in [0.1, 0.15) is 0 Å². The molecule has 0 aliphatic heterocycles. The predicted molar refractivity (Wildman–Crippen MR) is 134 cm³/mol. The summed E-state index contributed by atoms with van der Waals surface area (Å²) in [5.41, 5.74) is 6.67. The molecule has 0 saturated heterocycles. The number of thioether (sulfide) groups is 1. The Balaban J connectivity index is 1.54. The highest BCUT2D eigenvalue weighted by atomic mass is 32.2. The number of carbonyl (C=O) groups is 1. The molecule has 2 heterocycles. The van der Waals surface area contributed by atoms with Gasteiger partial charge >= 0.3 is 0 Å². The molecule has 0 aliphatic rings. The van der Waals surface area contributed by atoms with Gasteiger partial charge in [-0.25, -0.2) is 0 Å². The van der Waals surface area contributed by atoms with E-state index in [0.29, 0.717) is 0 Å². The van der Waals surface area contributed by atoms with Crippen LogP contribution in [0.3, 0.4) is 0 Å². The second-order valence-electron chi connectivity index (χ2n) is 7.70. The zero-order valence-corrected chi connectivity index (χ0v) is 20.3. The maximum atomic E-state index is 12.4. The minimum Gasteiger partial charge on any atom is -0.325 e. The lowest BCUT2D eigenvalue weighted by molar-refractivity contribution is -0.113. The van der Waals surface area contributed by atoms with Crippen molar-refractivity contribution < 1.29 is 4.79 Å². The molecule has 0 atom stereocenters. The van der Waals surface area contributed by atoms with Crippen LogP contribution in [0.1, 0.15) is 22.9 Å². The van der Waals surface area contributed by atoms with Gasteiger partial charge < -0.3 is 9.88 Å². The van der Waals surface area contributed by atoms with E-state index in [1.165, 1.54) is 33.3 Å². The third kappa shape index (κ3) is 4.79. The van der Waals surface area contributed by atoms with E-state index in [9.17, 15) is 4.79 Å². The van der Waals surface area contributed by atoms with Crippen LogP contribution in [0.5, 0.6) is 0 Å². The summed E-state index contributed by atoms with van der Waals surface area (Å²) in [6.45, 7) is 9.06. The lowest BCUT2D eigenvalue weighted by Gasteiger charge is -2.10. The van der Waals surface area contributed by atoms with Crippen molar-refractivity contribution in [2.75, 3.05) is 11.1 Å². The Morgan fingerprint density at radius 1 is 1.00 bits per heavy atom. The SMILES string of the molecule is CCn1c(SCC(=O)Nc2ccc(C)cc2)nnc1-c1csc(C)c1-c1ccc(C)cc1. The number of anilines is 1. The van der Waals surface area contributed by atoms with Crippen molar-refractivity contribution in [1.29, 1.82) is 0 Å². The van der Waals surface area contributed by atoms with Gasteiger partial charge in [0.25, 0.3) is 0 Å². The van der Waals surface area contributed by atoms with E-state index in [0.717, 1.165) is 34.3 Å². The van der Waals surface area contributed by atoms with E-state index in [-0.39, 0.29) is 11.7 Å². The normalized spacial score (nSPS) is 11.0. The number of carbonyl (C=O) groups excluding carboxylic acids is 1. The van der Waals surface area contributed by atoms with E-state index in [2.05, 4.69) is 70.5 Å². The fourth-order valence-corrected chi connectivity index (χ4v) is 5.21. The average Bonchev–Trinajstić information content (AvgIpc) is 3.37. The third-order valence-corrected chi connectivity index (χ3v) is 7.13. The number of benzene rings is 2. The molecule has 1 N–H and O–H groups in total. The molecule has 0 fully saturated rings. The topological polar surface area (TPSA) is 59.8 Å². The number of amides is 1. The molecular formula is C25H26N4OS2. The minimum atomic E-state index is -0.0576. The lowest BCUT2D eigenvalue weighted by atomic mass is 10.0. The summed E-state index contributed by atoms with van der Waals surface area (Å²) >= 11 is 3.13. The maximum absolute atomic E-state index is 12.4. The quantitative estimate of drug-likeness (QED) is 0.325. The van der Waals surface area contributed by atoms with Crippen LogP contribution in [0.25, 0.3) is 22.5 Å². The zero-order chi connectivity index (χ0) is 22.7. The highest BCUT2D eigenvalue weighted by Gasteiger charge is 2.20. The standard InChI is InChI=1S/C25H26N4OS2/c1-5-29-24(21-14-31-18(4)23(21)19-10-6-16(2)7-11-19)27-28-25(29)32-15-22(30)26-20-12-8-17(3)9-13-20/h6-14H,5,15H2,1-4H3,(H,26,30). The van der Waals surface area contributed by atoms with Crippen molar-refractivity contribution >= 4 is 34.7 Å². The monoisotopic (exact) mass is 462 g/mol. The Kier molecular flexibility index (Phi) is 6.77. The zero-order valence-electron chi connectivity index (χ0n) is 18.7. The second kappa shape index (κ2) is 9.71. The fourth-order valence-electron chi connectivity index (χ4n) is 3.54. The Morgan fingerprint density at radius 3 is 2.31 bits per heavy atom. The van der Waals surface area contributed by atoms with Gasteiger partial charge in [-0.3, -0.25) is 4.79 Å². The maximum Gasteiger partial charge on any atom is 0.234 e. The van der Waals surface area contributed by atoms with Gasteiger partial charge in [0, 0.05) is 33.6 Å². The van der Waals surface area contributed by atoms with Gasteiger partial charge in [-0.2, -0.15) is 0 Å². The molecule has 5 nitrogen and oxygen atoms in total. The Hall–Kier alpha value is -2.90. The van der Waals surface area contributed by atoms with Crippen LogP contribution < -0.4 is 5.32 Å². The molecule has 4 aromatic rings. The first kappa shape index (κ1) is 22.3. The van der Waals surface area contributed by atoms with Crippen LogP contribution >= 0.6 is 23.1 Å². The Bertz CT molecular complexity index is 1220. The molecule has 32 heavy (non-hydrogen) atoms. The van der Waals surface area contributed by atoms with Crippen molar-refractivity contribution in [3.8, 4) is 22.5 Å². The van der Waals surface area contributed by atoms with Gasteiger partial charge in [0.2, 0.25) is 5.91 Å². The lowest BCUT2D eigenvalue weighted by Crippen LogP contribution is -2.14. The fraction of sp³-hybridized carbons (Fsp3) is 0.240. The number of nitrogens with one attached hydrogen (secondary N) is 1. The van der Waals surface area contributed by atoms with E-state index in [4.69, 9.17) is 0 Å². The van der Waals surface area contributed by atoms with Crippen LogP contribution in [0.4, 0.5) is 5.69 Å². The van der Waals surface area contributed by atoms with Crippen LogP contribution in [-0.2, 0) is 11.3 Å². The highest BCUT2D eigenvalue weighted by molar-refractivity contribution is 7.99. The molecule has 0 radical (unpaired) electrons. The number of hydrogen-bond acceptors (Lipinski definition) is 5. The molecule has 1 amide bonds. The van der Waals surface area contributed by atoms with Gasteiger partial charge in [0.05, 0.1) is 5.75 Å². The van der Waals surface area contributed by atoms with Crippen molar-refractivity contribution in [1.82, 2.24) is 14.8 Å². The molecule has 2 aromatic heterocycles. The minimum absolute atomic E-state index is 0.0576. The van der Waals surface area contributed by atoms with Gasteiger partial charge in [-0.05, 0) is 45.4 Å². The molecular weight excluding hydrogens is 436 g/mol. The van der Waals surface area contributed by atoms with E-state index < -0.39 is 0 Å². The molecule has 0 spiro atoms. The third-order valence-electron chi connectivity index (χ3n) is 5.26. The first-order valence-corrected chi connectivity index (χ1v) is 12.4. The molecule has 2 aromatic carbocycles. The molecule has 0 unspecified atom stereocenters. The first-order valence-electron chi connectivity index (χ1n) is 10.5. The summed E-state index contributed by atoms with van der Waals surface area (Å²) in [4.78, 5) is 13.7. The molecule has 7 heteroatoms. The summed E-state index contributed by atoms with van der Waals surface area (Å²) in [7, 11) is 0. The number of thiophene rings is 1. The largest absolute Gasteiger partial charge is 0.325 e. The smallest absolute Gasteiger partial charge is 0.234 e. The predicted octanol–water partition coefficient (Wildman–Crippen LogP) is 6.35. The molecule has 0 bridgehead atoms. The van der Waals surface area contributed by atoms with E-state index >= 15 is 0 Å². The van der Waals surface area contributed by atoms with Gasteiger partial charge in [-0.15, -0.1) is 21.5 Å².